The van der Waals surface area contributed by atoms with Gasteiger partial charge in [0, 0.05) is 24.1 Å². The van der Waals surface area contributed by atoms with E-state index in [-0.39, 0.29) is 11.9 Å². The number of amides is 1. The first-order valence-corrected chi connectivity index (χ1v) is 10.4. The van der Waals surface area contributed by atoms with Crippen LogP contribution >= 0.6 is 11.8 Å². The zero-order valence-corrected chi connectivity index (χ0v) is 16.2. The molecule has 0 saturated heterocycles. The third-order valence-electron chi connectivity index (χ3n) is 4.80. The van der Waals surface area contributed by atoms with Crippen LogP contribution in [0.2, 0.25) is 0 Å². The SMILES string of the molecule is CSCC[C@@H](NC(=O)c1cn(C)c2ccccc12)c1nc2ccccc2[nH]1. The predicted molar refractivity (Wildman–Crippen MR) is 112 cm³/mol. The largest absolute Gasteiger partial charge is 0.350 e. The van der Waals surface area contributed by atoms with Crippen molar-refractivity contribution in [3.05, 3.63) is 66.1 Å². The van der Waals surface area contributed by atoms with Gasteiger partial charge in [-0.3, -0.25) is 4.79 Å². The number of para-hydroxylation sites is 3. The highest BCUT2D eigenvalue weighted by Crippen LogP contribution is 2.23. The van der Waals surface area contributed by atoms with E-state index in [1.165, 1.54) is 0 Å². The van der Waals surface area contributed by atoms with Gasteiger partial charge in [0.05, 0.1) is 22.6 Å². The number of aromatic amines is 1. The van der Waals surface area contributed by atoms with Crippen LogP contribution in [0.1, 0.15) is 28.6 Å². The number of hydrogen-bond acceptors (Lipinski definition) is 3. The van der Waals surface area contributed by atoms with Crippen molar-refractivity contribution in [2.75, 3.05) is 12.0 Å². The van der Waals surface area contributed by atoms with E-state index in [1.807, 2.05) is 66.3 Å². The molecule has 4 aromatic rings. The number of nitrogens with zero attached hydrogens (tertiary/aromatic N) is 2. The molecular weight excluding hydrogens is 356 g/mol. The number of carbonyl (C=O) groups is 1. The fourth-order valence-electron chi connectivity index (χ4n) is 3.41. The first-order valence-electron chi connectivity index (χ1n) is 8.96. The van der Waals surface area contributed by atoms with Gasteiger partial charge in [-0.15, -0.1) is 0 Å². The minimum Gasteiger partial charge on any atom is -0.350 e. The molecule has 0 spiro atoms. The highest BCUT2D eigenvalue weighted by atomic mass is 32.2. The van der Waals surface area contributed by atoms with E-state index in [4.69, 9.17) is 4.98 Å². The second-order valence-electron chi connectivity index (χ2n) is 6.62. The molecule has 1 amide bonds. The van der Waals surface area contributed by atoms with E-state index < -0.39 is 0 Å². The average molecular weight is 379 g/mol. The first-order chi connectivity index (χ1) is 13.2. The predicted octanol–water partition coefficient (Wildman–Crippen LogP) is 4.28. The maximum atomic E-state index is 13.1. The van der Waals surface area contributed by atoms with Crippen LogP contribution in [0.4, 0.5) is 0 Å². The van der Waals surface area contributed by atoms with Crippen LogP contribution in [0, 0.1) is 0 Å². The Hall–Kier alpha value is -2.73. The Labute approximate surface area is 162 Å². The molecule has 5 nitrogen and oxygen atoms in total. The monoisotopic (exact) mass is 378 g/mol. The van der Waals surface area contributed by atoms with Crippen molar-refractivity contribution in [3.8, 4) is 0 Å². The van der Waals surface area contributed by atoms with Crippen LogP contribution in [0.3, 0.4) is 0 Å². The van der Waals surface area contributed by atoms with E-state index >= 15 is 0 Å². The molecule has 4 rings (SSSR count). The molecule has 27 heavy (non-hydrogen) atoms. The molecule has 0 aliphatic heterocycles. The summed E-state index contributed by atoms with van der Waals surface area (Å²) in [6.07, 6.45) is 4.78. The van der Waals surface area contributed by atoms with Crippen molar-refractivity contribution >= 4 is 39.6 Å². The Kier molecular flexibility index (Phi) is 4.90. The van der Waals surface area contributed by atoms with Crippen molar-refractivity contribution in [1.82, 2.24) is 19.9 Å². The summed E-state index contributed by atoms with van der Waals surface area (Å²) in [5.41, 5.74) is 3.65. The molecule has 0 bridgehead atoms. The Morgan fingerprint density at radius 3 is 2.81 bits per heavy atom. The lowest BCUT2D eigenvalue weighted by Crippen LogP contribution is -2.29. The molecule has 6 heteroatoms. The summed E-state index contributed by atoms with van der Waals surface area (Å²) in [4.78, 5) is 21.1. The Morgan fingerprint density at radius 2 is 2.00 bits per heavy atom. The number of thioether (sulfide) groups is 1. The zero-order valence-electron chi connectivity index (χ0n) is 15.4. The number of rotatable bonds is 6. The highest BCUT2D eigenvalue weighted by Gasteiger charge is 2.21. The molecule has 1 atom stereocenters. The summed E-state index contributed by atoms with van der Waals surface area (Å²) in [6.45, 7) is 0. The average Bonchev–Trinajstić information content (AvgIpc) is 3.27. The molecule has 0 saturated carbocycles. The number of imidazole rings is 1. The molecule has 2 aromatic heterocycles. The summed E-state index contributed by atoms with van der Waals surface area (Å²) in [5.74, 6) is 1.68. The van der Waals surface area contributed by atoms with Gasteiger partial charge in [0.25, 0.3) is 5.91 Å². The molecule has 2 heterocycles. The lowest BCUT2D eigenvalue weighted by Gasteiger charge is -2.16. The van der Waals surface area contributed by atoms with Crippen LogP contribution < -0.4 is 5.32 Å². The maximum absolute atomic E-state index is 13.1. The number of aryl methyl sites for hydroxylation is 1. The maximum Gasteiger partial charge on any atom is 0.254 e. The molecule has 138 valence electrons. The van der Waals surface area contributed by atoms with E-state index in [2.05, 4.69) is 16.6 Å². The third kappa shape index (κ3) is 3.45. The van der Waals surface area contributed by atoms with Crippen molar-refractivity contribution < 1.29 is 4.79 Å². The lowest BCUT2D eigenvalue weighted by molar-refractivity contribution is 0.0935. The van der Waals surface area contributed by atoms with Gasteiger partial charge in [0.15, 0.2) is 0 Å². The number of hydrogen-bond donors (Lipinski definition) is 2. The second kappa shape index (κ2) is 7.48. The Balaban J connectivity index is 1.65. The van der Waals surface area contributed by atoms with Crippen LogP contribution in [0.25, 0.3) is 21.9 Å². The number of benzene rings is 2. The van der Waals surface area contributed by atoms with Gasteiger partial charge in [-0.05, 0) is 36.6 Å². The molecule has 0 radical (unpaired) electrons. The number of fused-ring (bicyclic) bond motifs is 2. The normalized spacial score (nSPS) is 12.5. The van der Waals surface area contributed by atoms with Crippen LogP contribution in [-0.2, 0) is 7.05 Å². The number of nitrogens with one attached hydrogen (secondary N) is 2. The summed E-state index contributed by atoms with van der Waals surface area (Å²) < 4.78 is 1.99. The summed E-state index contributed by atoms with van der Waals surface area (Å²) in [6, 6.07) is 15.7. The molecule has 0 aliphatic rings. The smallest absolute Gasteiger partial charge is 0.254 e. The van der Waals surface area contributed by atoms with Crippen molar-refractivity contribution in [2.24, 2.45) is 7.05 Å². The van der Waals surface area contributed by atoms with E-state index in [0.717, 1.165) is 39.9 Å². The Morgan fingerprint density at radius 1 is 1.22 bits per heavy atom. The second-order valence-corrected chi connectivity index (χ2v) is 7.60. The summed E-state index contributed by atoms with van der Waals surface area (Å²) >= 11 is 1.76. The van der Waals surface area contributed by atoms with E-state index in [1.54, 1.807) is 11.8 Å². The van der Waals surface area contributed by atoms with Gasteiger partial charge < -0.3 is 14.9 Å². The standard InChI is InChI=1S/C21H22N4OS/c1-25-13-15(14-7-3-6-10-19(14)25)21(26)24-18(11-12-27-2)20-22-16-8-4-5-9-17(16)23-20/h3-10,13,18H,11-12H2,1-2H3,(H,22,23)(H,24,26)/t18-/m1/s1. The Bertz CT molecular complexity index is 1060. The molecule has 2 N–H and O–H groups in total. The summed E-state index contributed by atoms with van der Waals surface area (Å²) in [7, 11) is 1.96. The molecule has 0 fully saturated rings. The number of carbonyl (C=O) groups excluding carboxylic acids is 1. The van der Waals surface area contributed by atoms with Gasteiger partial charge in [-0.2, -0.15) is 11.8 Å². The fraction of sp³-hybridized carbons (Fsp3) is 0.238. The number of aromatic nitrogens is 3. The van der Waals surface area contributed by atoms with E-state index in [9.17, 15) is 4.79 Å². The number of H-pyrrole nitrogens is 1. The van der Waals surface area contributed by atoms with Crippen LogP contribution in [0.5, 0.6) is 0 Å². The first kappa shape index (κ1) is 17.7. The van der Waals surface area contributed by atoms with Gasteiger partial charge in [0.2, 0.25) is 0 Å². The third-order valence-corrected chi connectivity index (χ3v) is 5.44. The highest BCUT2D eigenvalue weighted by molar-refractivity contribution is 7.98. The summed E-state index contributed by atoms with van der Waals surface area (Å²) in [5, 5.41) is 4.16. The van der Waals surface area contributed by atoms with Crippen molar-refractivity contribution in [2.45, 2.75) is 12.5 Å². The topological polar surface area (TPSA) is 62.7 Å². The fourth-order valence-corrected chi connectivity index (χ4v) is 3.88. The van der Waals surface area contributed by atoms with Gasteiger partial charge in [-0.1, -0.05) is 30.3 Å². The van der Waals surface area contributed by atoms with Crippen LogP contribution in [0.15, 0.2) is 54.7 Å². The van der Waals surface area contributed by atoms with Crippen molar-refractivity contribution in [3.63, 3.8) is 0 Å². The molecule has 0 unspecified atom stereocenters. The van der Waals surface area contributed by atoms with E-state index in [0.29, 0.717) is 5.56 Å². The molecular formula is C21H22N4OS. The quantitative estimate of drug-likeness (QED) is 0.526. The minimum absolute atomic E-state index is 0.0710. The molecule has 0 aliphatic carbocycles. The van der Waals surface area contributed by atoms with Gasteiger partial charge in [-0.25, -0.2) is 4.98 Å². The lowest BCUT2D eigenvalue weighted by atomic mass is 10.1. The van der Waals surface area contributed by atoms with Crippen molar-refractivity contribution in [1.29, 1.82) is 0 Å². The van der Waals surface area contributed by atoms with Gasteiger partial charge in [0.1, 0.15) is 5.82 Å². The minimum atomic E-state index is -0.156. The molecule has 2 aromatic carbocycles. The van der Waals surface area contributed by atoms with Crippen LogP contribution in [-0.4, -0.2) is 32.5 Å². The van der Waals surface area contributed by atoms with Gasteiger partial charge >= 0.3 is 0 Å². The zero-order chi connectivity index (χ0) is 18.8.